The fourth-order valence-corrected chi connectivity index (χ4v) is 4.94. The SMILES string of the molecule is CC(C)SCCN1CCN(S(=O)(=O)N2CCOCC2)CC1. The molecule has 0 aliphatic carbocycles. The quantitative estimate of drug-likeness (QED) is 0.699. The topological polar surface area (TPSA) is 53.1 Å². The summed E-state index contributed by atoms with van der Waals surface area (Å²) >= 11 is 1.96. The molecule has 0 aromatic rings. The first-order valence-corrected chi connectivity index (χ1v) is 10.1. The van der Waals surface area contributed by atoms with Crippen molar-refractivity contribution in [3.8, 4) is 0 Å². The molecule has 2 heterocycles. The number of thioether (sulfide) groups is 1. The standard InChI is InChI=1S/C13H27N3O3S2/c1-13(2)20-12-9-14-3-5-15(6-4-14)21(17,18)16-7-10-19-11-8-16/h13H,3-12H2,1-2H3. The largest absolute Gasteiger partial charge is 0.379 e. The van der Waals surface area contributed by atoms with E-state index in [9.17, 15) is 8.42 Å². The highest BCUT2D eigenvalue weighted by Gasteiger charge is 2.32. The van der Waals surface area contributed by atoms with E-state index in [1.165, 1.54) is 0 Å². The molecular weight excluding hydrogens is 310 g/mol. The van der Waals surface area contributed by atoms with Crippen molar-refractivity contribution in [2.24, 2.45) is 0 Å². The maximum Gasteiger partial charge on any atom is 0.282 e. The van der Waals surface area contributed by atoms with Crippen molar-refractivity contribution in [1.29, 1.82) is 0 Å². The molecule has 0 aromatic carbocycles. The Kier molecular flexibility index (Phi) is 6.77. The molecule has 2 aliphatic rings. The lowest BCUT2D eigenvalue weighted by Crippen LogP contribution is -2.55. The summed E-state index contributed by atoms with van der Waals surface area (Å²) in [6, 6.07) is 0. The second kappa shape index (κ2) is 8.12. The Balaban J connectivity index is 1.77. The minimum Gasteiger partial charge on any atom is -0.379 e. The van der Waals surface area contributed by atoms with Gasteiger partial charge in [0.2, 0.25) is 0 Å². The molecule has 0 spiro atoms. The normalized spacial score (nSPS) is 23.8. The van der Waals surface area contributed by atoms with Crippen molar-refractivity contribution in [1.82, 2.24) is 13.5 Å². The summed E-state index contributed by atoms with van der Waals surface area (Å²) < 4.78 is 33.5. The minimum absolute atomic E-state index is 0.480. The molecule has 6 nitrogen and oxygen atoms in total. The molecule has 0 aromatic heterocycles. The van der Waals surface area contributed by atoms with Gasteiger partial charge in [-0.05, 0) is 5.25 Å². The summed E-state index contributed by atoms with van der Waals surface area (Å²) in [5.74, 6) is 1.12. The van der Waals surface area contributed by atoms with Crippen LogP contribution in [0.1, 0.15) is 13.8 Å². The van der Waals surface area contributed by atoms with E-state index in [0.29, 0.717) is 44.6 Å². The van der Waals surface area contributed by atoms with Crippen LogP contribution in [0.4, 0.5) is 0 Å². The smallest absolute Gasteiger partial charge is 0.282 e. The molecular formula is C13H27N3O3S2. The zero-order chi connectivity index (χ0) is 15.3. The van der Waals surface area contributed by atoms with Gasteiger partial charge in [-0.15, -0.1) is 0 Å². The Morgan fingerprint density at radius 3 is 2.14 bits per heavy atom. The third kappa shape index (κ3) is 5.07. The van der Waals surface area contributed by atoms with E-state index in [4.69, 9.17) is 4.74 Å². The van der Waals surface area contributed by atoms with Gasteiger partial charge in [0.05, 0.1) is 13.2 Å². The second-order valence-corrected chi connectivity index (χ2v) is 9.29. The number of ether oxygens (including phenoxy) is 1. The first-order chi connectivity index (χ1) is 10.00. The van der Waals surface area contributed by atoms with Crippen molar-refractivity contribution in [3.63, 3.8) is 0 Å². The van der Waals surface area contributed by atoms with Crippen LogP contribution in [-0.4, -0.2) is 92.0 Å². The number of morpholine rings is 1. The Hall–Kier alpha value is 0.140. The highest BCUT2D eigenvalue weighted by Crippen LogP contribution is 2.15. The maximum absolute atomic E-state index is 12.5. The van der Waals surface area contributed by atoms with E-state index >= 15 is 0 Å². The van der Waals surface area contributed by atoms with Crippen molar-refractivity contribution in [2.45, 2.75) is 19.1 Å². The first-order valence-electron chi connectivity index (χ1n) is 7.67. The molecule has 0 bridgehead atoms. The third-order valence-electron chi connectivity index (χ3n) is 3.81. The number of rotatable bonds is 6. The fraction of sp³-hybridized carbons (Fsp3) is 1.00. The fourth-order valence-electron chi connectivity index (χ4n) is 2.54. The zero-order valence-electron chi connectivity index (χ0n) is 13.0. The van der Waals surface area contributed by atoms with Crippen LogP contribution in [-0.2, 0) is 14.9 Å². The number of piperazine rings is 1. The molecule has 0 atom stereocenters. The molecule has 8 heteroatoms. The van der Waals surface area contributed by atoms with Gasteiger partial charge in [-0.1, -0.05) is 13.8 Å². The average molecular weight is 338 g/mol. The van der Waals surface area contributed by atoms with Gasteiger partial charge in [-0.25, -0.2) is 0 Å². The van der Waals surface area contributed by atoms with Gasteiger partial charge >= 0.3 is 0 Å². The van der Waals surface area contributed by atoms with E-state index in [1.54, 1.807) is 8.61 Å². The van der Waals surface area contributed by atoms with Gasteiger partial charge in [-0.2, -0.15) is 28.8 Å². The molecule has 2 aliphatic heterocycles. The van der Waals surface area contributed by atoms with Crippen LogP contribution in [0.15, 0.2) is 0 Å². The van der Waals surface area contributed by atoms with Crippen LogP contribution in [0, 0.1) is 0 Å². The molecule has 0 radical (unpaired) electrons. The highest BCUT2D eigenvalue weighted by molar-refractivity contribution is 7.99. The van der Waals surface area contributed by atoms with Crippen LogP contribution >= 0.6 is 11.8 Å². The monoisotopic (exact) mass is 337 g/mol. The number of nitrogens with zero attached hydrogens (tertiary/aromatic N) is 3. The van der Waals surface area contributed by atoms with Crippen molar-refractivity contribution in [3.05, 3.63) is 0 Å². The third-order valence-corrected chi connectivity index (χ3v) is 6.93. The molecule has 21 heavy (non-hydrogen) atoms. The molecule has 0 amide bonds. The summed E-state index contributed by atoms with van der Waals surface area (Å²) in [7, 11) is -3.29. The lowest BCUT2D eigenvalue weighted by molar-refractivity contribution is 0.0686. The van der Waals surface area contributed by atoms with Gasteiger partial charge in [0.1, 0.15) is 0 Å². The van der Waals surface area contributed by atoms with Crippen molar-refractivity contribution < 1.29 is 13.2 Å². The molecule has 2 rings (SSSR count). The van der Waals surface area contributed by atoms with Crippen LogP contribution in [0.25, 0.3) is 0 Å². The Morgan fingerprint density at radius 2 is 1.57 bits per heavy atom. The lowest BCUT2D eigenvalue weighted by atomic mass is 10.4. The summed E-state index contributed by atoms with van der Waals surface area (Å²) in [4.78, 5) is 2.36. The van der Waals surface area contributed by atoms with Crippen molar-refractivity contribution in [2.75, 3.05) is 64.8 Å². The Bertz CT molecular complexity index is 403. The predicted molar refractivity (Wildman–Crippen MR) is 86.9 cm³/mol. The van der Waals surface area contributed by atoms with Crippen LogP contribution in [0.2, 0.25) is 0 Å². The first kappa shape index (κ1) is 17.5. The number of hydrogen-bond donors (Lipinski definition) is 0. The van der Waals surface area contributed by atoms with Gasteiger partial charge < -0.3 is 4.74 Å². The molecule has 124 valence electrons. The lowest BCUT2D eigenvalue weighted by Gasteiger charge is -2.37. The van der Waals surface area contributed by atoms with Gasteiger partial charge in [-0.3, -0.25) is 4.90 Å². The summed E-state index contributed by atoms with van der Waals surface area (Å²) in [6.45, 7) is 10.3. The summed E-state index contributed by atoms with van der Waals surface area (Å²) in [5, 5.41) is 0.660. The van der Waals surface area contributed by atoms with E-state index in [2.05, 4.69) is 18.7 Å². The van der Waals surface area contributed by atoms with E-state index in [-0.39, 0.29) is 0 Å². The zero-order valence-corrected chi connectivity index (χ0v) is 14.7. The van der Waals surface area contributed by atoms with E-state index in [0.717, 1.165) is 25.4 Å². The van der Waals surface area contributed by atoms with Crippen LogP contribution in [0.5, 0.6) is 0 Å². The van der Waals surface area contributed by atoms with E-state index in [1.807, 2.05) is 11.8 Å². The van der Waals surface area contributed by atoms with Crippen LogP contribution < -0.4 is 0 Å². The number of hydrogen-bond acceptors (Lipinski definition) is 5. The summed E-state index contributed by atoms with van der Waals surface area (Å²) in [6.07, 6.45) is 0. The van der Waals surface area contributed by atoms with Gasteiger partial charge in [0.15, 0.2) is 0 Å². The van der Waals surface area contributed by atoms with Gasteiger partial charge in [0, 0.05) is 51.6 Å². The predicted octanol–water partition coefficient (Wildman–Crippen LogP) is 0.323. The molecule has 0 N–H and O–H groups in total. The van der Waals surface area contributed by atoms with Gasteiger partial charge in [0.25, 0.3) is 10.2 Å². The van der Waals surface area contributed by atoms with E-state index < -0.39 is 10.2 Å². The molecule has 2 saturated heterocycles. The molecule has 0 saturated carbocycles. The molecule has 2 fully saturated rings. The minimum atomic E-state index is -3.29. The highest BCUT2D eigenvalue weighted by atomic mass is 32.2. The summed E-state index contributed by atoms with van der Waals surface area (Å²) in [5.41, 5.74) is 0. The average Bonchev–Trinajstić information content (AvgIpc) is 2.48. The second-order valence-electron chi connectivity index (χ2n) is 5.68. The maximum atomic E-state index is 12.5. The Labute approximate surface area is 133 Å². The van der Waals surface area contributed by atoms with Crippen molar-refractivity contribution >= 4 is 22.0 Å². The van der Waals surface area contributed by atoms with Crippen LogP contribution in [0.3, 0.4) is 0 Å². The molecule has 0 unspecified atom stereocenters. The Morgan fingerprint density at radius 1 is 1.00 bits per heavy atom.